The zero-order valence-corrected chi connectivity index (χ0v) is 11.6. The molecule has 0 saturated heterocycles. The van der Waals surface area contributed by atoms with Crippen LogP contribution in [0.5, 0.6) is 5.75 Å². The minimum Gasteiger partial charge on any atom is -0.506 e. The van der Waals surface area contributed by atoms with Crippen LogP contribution in [0.1, 0.15) is 0 Å². The SMILES string of the molecule is NC(=O)Nc1ccc(S(=O)(=O)c2ccc(N)cc2)c(O)c1. The highest BCUT2D eigenvalue weighted by Crippen LogP contribution is 2.31. The fourth-order valence-electron chi connectivity index (χ4n) is 1.74. The number of aromatic hydroxyl groups is 1. The largest absolute Gasteiger partial charge is 0.506 e. The lowest BCUT2D eigenvalue weighted by molar-refractivity contribution is 0.259. The normalized spacial score (nSPS) is 11.0. The number of carbonyl (C=O) groups is 1. The molecule has 0 aliphatic carbocycles. The number of hydrogen-bond acceptors (Lipinski definition) is 5. The summed E-state index contributed by atoms with van der Waals surface area (Å²) in [5.41, 5.74) is 11.1. The number of sulfone groups is 1. The second kappa shape index (κ2) is 5.33. The molecule has 0 unspecified atom stereocenters. The van der Waals surface area contributed by atoms with Gasteiger partial charge in [0.25, 0.3) is 0 Å². The number of anilines is 2. The second-order valence-corrected chi connectivity index (χ2v) is 6.16. The number of nitrogens with two attached hydrogens (primary N) is 2. The first kappa shape index (κ1) is 14.7. The molecule has 2 aromatic rings. The van der Waals surface area contributed by atoms with Crippen molar-refractivity contribution in [2.45, 2.75) is 9.79 Å². The van der Waals surface area contributed by atoms with Gasteiger partial charge < -0.3 is 21.9 Å². The van der Waals surface area contributed by atoms with Gasteiger partial charge in [-0.25, -0.2) is 13.2 Å². The second-order valence-electron chi connectivity index (χ2n) is 4.24. The van der Waals surface area contributed by atoms with Crippen LogP contribution in [0.2, 0.25) is 0 Å². The van der Waals surface area contributed by atoms with Crippen molar-refractivity contribution in [2.75, 3.05) is 11.1 Å². The van der Waals surface area contributed by atoms with Gasteiger partial charge in [-0.05, 0) is 36.4 Å². The van der Waals surface area contributed by atoms with Gasteiger partial charge in [-0.1, -0.05) is 0 Å². The van der Waals surface area contributed by atoms with Crippen molar-refractivity contribution in [1.29, 1.82) is 0 Å². The van der Waals surface area contributed by atoms with E-state index in [0.717, 1.165) is 6.07 Å². The zero-order chi connectivity index (χ0) is 15.6. The van der Waals surface area contributed by atoms with E-state index in [2.05, 4.69) is 5.32 Å². The van der Waals surface area contributed by atoms with E-state index in [0.29, 0.717) is 5.69 Å². The number of amides is 2. The highest BCUT2D eigenvalue weighted by atomic mass is 32.2. The first-order chi connectivity index (χ1) is 9.80. The number of phenolic OH excluding ortho intramolecular Hbond substituents is 1. The van der Waals surface area contributed by atoms with Gasteiger partial charge in [0.05, 0.1) is 4.90 Å². The van der Waals surface area contributed by atoms with Gasteiger partial charge in [0.2, 0.25) is 9.84 Å². The van der Waals surface area contributed by atoms with Crippen LogP contribution in [0.3, 0.4) is 0 Å². The minimum atomic E-state index is -3.88. The van der Waals surface area contributed by atoms with Crippen molar-refractivity contribution in [3.05, 3.63) is 42.5 Å². The predicted molar refractivity (Wildman–Crippen MR) is 77.6 cm³/mol. The van der Waals surface area contributed by atoms with Gasteiger partial charge >= 0.3 is 6.03 Å². The van der Waals surface area contributed by atoms with Crippen LogP contribution in [0.4, 0.5) is 16.2 Å². The van der Waals surface area contributed by atoms with E-state index in [1.165, 1.54) is 36.4 Å². The Labute approximate surface area is 121 Å². The fourth-order valence-corrected chi connectivity index (χ4v) is 3.07. The third kappa shape index (κ3) is 3.06. The molecule has 2 rings (SSSR count). The Balaban J connectivity index is 2.45. The summed E-state index contributed by atoms with van der Waals surface area (Å²) >= 11 is 0. The lowest BCUT2D eigenvalue weighted by Gasteiger charge is -2.09. The lowest BCUT2D eigenvalue weighted by atomic mass is 10.3. The summed E-state index contributed by atoms with van der Waals surface area (Å²) in [5, 5.41) is 12.1. The summed E-state index contributed by atoms with van der Waals surface area (Å²) in [6, 6.07) is 8.40. The molecule has 0 fully saturated rings. The minimum absolute atomic E-state index is 0.00242. The van der Waals surface area contributed by atoms with Crippen LogP contribution in [-0.4, -0.2) is 19.6 Å². The molecule has 0 saturated carbocycles. The van der Waals surface area contributed by atoms with Gasteiger partial charge in [-0.3, -0.25) is 0 Å². The third-order valence-electron chi connectivity index (χ3n) is 2.71. The monoisotopic (exact) mass is 307 g/mol. The number of urea groups is 1. The number of nitrogens with one attached hydrogen (secondary N) is 1. The summed E-state index contributed by atoms with van der Waals surface area (Å²) in [6.07, 6.45) is 0. The number of nitrogen functional groups attached to an aromatic ring is 1. The quantitative estimate of drug-likeness (QED) is 0.634. The molecule has 110 valence electrons. The highest BCUT2D eigenvalue weighted by Gasteiger charge is 2.21. The van der Waals surface area contributed by atoms with Gasteiger partial charge in [-0.2, -0.15) is 0 Å². The van der Waals surface area contributed by atoms with Crippen LogP contribution >= 0.6 is 0 Å². The van der Waals surface area contributed by atoms with E-state index in [1.54, 1.807) is 0 Å². The first-order valence-corrected chi connectivity index (χ1v) is 7.29. The molecule has 6 N–H and O–H groups in total. The Morgan fingerprint density at radius 1 is 1.10 bits per heavy atom. The van der Waals surface area contributed by atoms with E-state index in [-0.39, 0.29) is 15.5 Å². The molecule has 2 amide bonds. The molecule has 21 heavy (non-hydrogen) atoms. The van der Waals surface area contributed by atoms with Crippen molar-refractivity contribution < 1.29 is 18.3 Å². The van der Waals surface area contributed by atoms with Crippen LogP contribution in [-0.2, 0) is 9.84 Å². The predicted octanol–water partition coefficient (Wildman–Crippen LogP) is 1.30. The molecule has 0 aromatic heterocycles. The molecule has 0 spiro atoms. The fraction of sp³-hybridized carbons (Fsp3) is 0. The van der Waals surface area contributed by atoms with Crippen molar-refractivity contribution in [1.82, 2.24) is 0 Å². The Bertz CT molecular complexity index is 786. The number of hydrogen-bond donors (Lipinski definition) is 4. The van der Waals surface area contributed by atoms with E-state index in [9.17, 15) is 18.3 Å². The Morgan fingerprint density at radius 2 is 1.71 bits per heavy atom. The van der Waals surface area contributed by atoms with E-state index < -0.39 is 21.6 Å². The first-order valence-electron chi connectivity index (χ1n) is 5.81. The zero-order valence-electron chi connectivity index (χ0n) is 10.8. The molecule has 0 aliphatic heterocycles. The molecule has 0 bridgehead atoms. The van der Waals surface area contributed by atoms with Crippen LogP contribution in [0, 0.1) is 0 Å². The van der Waals surface area contributed by atoms with Gasteiger partial charge in [0.15, 0.2) is 0 Å². The van der Waals surface area contributed by atoms with E-state index in [1.807, 2.05) is 0 Å². The van der Waals surface area contributed by atoms with Crippen LogP contribution in [0.25, 0.3) is 0 Å². The maximum absolute atomic E-state index is 12.4. The van der Waals surface area contributed by atoms with Crippen molar-refractivity contribution in [2.24, 2.45) is 5.73 Å². The molecule has 0 heterocycles. The summed E-state index contributed by atoms with van der Waals surface area (Å²) in [4.78, 5) is 10.4. The molecular formula is C13H13N3O4S. The Kier molecular flexibility index (Phi) is 3.72. The highest BCUT2D eigenvalue weighted by molar-refractivity contribution is 7.91. The summed E-state index contributed by atoms with van der Waals surface area (Å²) in [6.45, 7) is 0. The number of benzene rings is 2. The molecule has 0 radical (unpaired) electrons. The summed E-state index contributed by atoms with van der Waals surface area (Å²) < 4.78 is 24.8. The van der Waals surface area contributed by atoms with Crippen molar-refractivity contribution in [3.63, 3.8) is 0 Å². The van der Waals surface area contributed by atoms with Crippen LogP contribution in [0.15, 0.2) is 52.3 Å². The number of phenols is 1. The topological polar surface area (TPSA) is 136 Å². The standard InChI is InChI=1S/C13H13N3O4S/c14-8-1-4-10(5-2-8)21(19,20)12-6-3-9(7-11(12)17)16-13(15)18/h1-7,17H,14H2,(H3,15,16,18). The van der Waals surface area contributed by atoms with Crippen LogP contribution < -0.4 is 16.8 Å². The molecule has 0 atom stereocenters. The average molecular weight is 307 g/mol. The number of rotatable bonds is 3. The van der Waals surface area contributed by atoms with Crippen molar-refractivity contribution >= 4 is 27.2 Å². The smallest absolute Gasteiger partial charge is 0.316 e. The number of carbonyl (C=O) groups excluding carboxylic acids is 1. The molecule has 2 aromatic carbocycles. The number of primary amides is 1. The molecular weight excluding hydrogens is 294 g/mol. The van der Waals surface area contributed by atoms with Gasteiger partial charge in [0.1, 0.15) is 10.6 Å². The molecule has 8 heteroatoms. The molecule has 0 aliphatic rings. The van der Waals surface area contributed by atoms with Crippen molar-refractivity contribution in [3.8, 4) is 5.75 Å². The third-order valence-corrected chi connectivity index (χ3v) is 4.52. The summed E-state index contributed by atoms with van der Waals surface area (Å²) in [7, 11) is -3.88. The van der Waals surface area contributed by atoms with Gasteiger partial charge in [0, 0.05) is 17.4 Å². The average Bonchev–Trinajstić information content (AvgIpc) is 2.38. The summed E-state index contributed by atoms with van der Waals surface area (Å²) in [5.74, 6) is -0.488. The Morgan fingerprint density at radius 3 is 2.24 bits per heavy atom. The molecule has 7 nitrogen and oxygen atoms in total. The maximum Gasteiger partial charge on any atom is 0.316 e. The van der Waals surface area contributed by atoms with E-state index >= 15 is 0 Å². The lowest BCUT2D eigenvalue weighted by Crippen LogP contribution is -2.19. The van der Waals surface area contributed by atoms with Gasteiger partial charge in [-0.15, -0.1) is 0 Å². The maximum atomic E-state index is 12.4. The Hall–Kier alpha value is -2.74. The van der Waals surface area contributed by atoms with E-state index in [4.69, 9.17) is 11.5 Å².